The van der Waals surface area contributed by atoms with Crippen LogP contribution in [0.1, 0.15) is 31.1 Å². The highest BCUT2D eigenvalue weighted by Crippen LogP contribution is 2.23. The zero-order valence-electron chi connectivity index (χ0n) is 15.9. The minimum atomic E-state index is -0.587. The molecule has 3 aromatic rings. The first-order chi connectivity index (χ1) is 12.9. The van der Waals surface area contributed by atoms with E-state index >= 15 is 0 Å². The van der Waals surface area contributed by atoms with Crippen LogP contribution in [0, 0.1) is 5.41 Å². The molecule has 0 fully saturated rings. The standard InChI is InChI=1S/C20H23N5O2/c1-20(2,3)18(26)25-19(22-12-14-7-9-16(27-4)10-8-14)23-17(24-25)15-6-5-11-21-13-15/h5-11,13H,12H2,1-4H3,(H,22,23,24). The number of carbonyl (C=O) groups is 1. The molecule has 3 rings (SSSR count). The topological polar surface area (TPSA) is 81.9 Å². The Morgan fingerprint density at radius 1 is 1.19 bits per heavy atom. The van der Waals surface area contributed by atoms with Gasteiger partial charge >= 0.3 is 0 Å². The molecule has 0 aliphatic rings. The Labute approximate surface area is 158 Å². The molecule has 7 heteroatoms. The van der Waals surface area contributed by atoms with E-state index in [9.17, 15) is 4.79 Å². The van der Waals surface area contributed by atoms with Crippen LogP contribution in [0.25, 0.3) is 11.4 Å². The van der Waals surface area contributed by atoms with Gasteiger partial charge in [0.05, 0.1) is 7.11 Å². The maximum Gasteiger partial charge on any atom is 0.255 e. The molecule has 27 heavy (non-hydrogen) atoms. The van der Waals surface area contributed by atoms with E-state index in [0.29, 0.717) is 18.3 Å². The summed E-state index contributed by atoms with van der Waals surface area (Å²) in [6, 6.07) is 11.4. The summed E-state index contributed by atoms with van der Waals surface area (Å²) < 4.78 is 6.51. The average molecular weight is 365 g/mol. The summed E-state index contributed by atoms with van der Waals surface area (Å²) >= 11 is 0. The van der Waals surface area contributed by atoms with Gasteiger partial charge in [-0.25, -0.2) is 0 Å². The van der Waals surface area contributed by atoms with Crippen LogP contribution in [0.5, 0.6) is 5.75 Å². The molecule has 0 amide bonds. The molecule has 0 aliphatic carbocycles. The second kappa shape index (κ2) is 7.57. The number of anilines is 1. The summed E-state index contributed by atoms with van der Waals surface area (Å²) in [5, 5.41) is 7.64. The first-order valence-corrected chi connectivity index (χ1v) is 8.67. The summed E-state index contributed by atoms with van der Waals surface area (Å²) in [5.74, 6) is 1.52. The van der Waals surface area contributed by atoms with Crippen molar-refractivity contribution in [2.24, 2.45) is 5.41 Å². The number of aromatic nitrogens is 4. The molecule has 7 nitrogen and oxygen atoms in total. The number of nitrogens with one attached hydrogen (secondary N) is 1. The summed E-state index contributed by atoms with van der Waals surface area (Å²) in [4.78, 5) is 21.4. The zero-order valence-corrected chi connectivity index (χ0v) is 15.9. The van der Waals surface area contributed by atoms with Crippen molar-refractivity contribution in [1.29, 1.82) is 0 Å². The molecule has 2 heterocycles. The molecule has 140 valence electrons. The third kappa shape index (κ3) is 4.31. The molecule has 0 radical (unpaired) electrons. The number of nitrogens with zero attached hydrogens (tertiary/aromatic N) is 4. The number of ether oxygens (including phenoxy) is 1. The number of hydrogen-bond donors (Lipinski definition) is 1. The van der Waals surface area contributed by atoms with Gasteiger partial charge in [0.15, 0.2) is 5.82 Å². The summed E-state index contributed by atoms with van der Waals surface area (Å²) in [6.07, 6.45) is 3.36. The lowest BCUT2D eigenvalue weighted by molar-refractivity contribution is 0.0752. The Balaban J connectivity index is 1.89. The van der Waals surface area contributed by atoms with Crippen LogP contribution in [0.4, 0.5) is 5.95 Å². The SMILES string of the molecule is COc1ccc(CNc2nc(-c3cccnc3)nn2C(=O)C(C)(C)C)cc1. The highest BCUT2D eigenvalue weighted by molar-refractivity contribution is 5.86. The monoisotopic (exact) mass is 365 g/mol. The summed E-state index contributed by atoms with van der Waals surface area (Å²) in [5.41, 5.74) is 1.21. The van der Waals surface area contributed by atoms with Crippen LogP contribution in [0.3, 0.4) is 0 Å². The van der Waals surface area contributed by atoms with Crippen LogP contribution < -0.4 is 10.1 Å². The number of methoxy groups -OCH3 is 1. The van der Waals surface area contributed by atoms with Gasteiger partial charge in [0.2, 0.25) is 5.95 Å². The van der Waals surface area contributed by atoms with Gasteiger partial charge in [0, 0.05) is 29.9 Å². The van der Waals surface area contributed by atoms with Gasteiger partial charge < -0.3 is 10.1 Å². The first kappa shape index (κ1) is 18.6. The Morgan fingerprint density at radius 2 is 1.93 bits per heavy atom. The van der Waals surface area contributed by atoms with Crippen molar-refractivity contribution in [2.75, 3.05) is 12.4 Å². The molecular weight excluding hydrogens is 342 g/mol. The Morgan fingerprint density at radius 3 is 2.52 bits per heavy atom. The summed E-state index contributed by atoms with van der Waals surface area (Å²) in [7, 11) is 1.63. The molecule has 1 N–H and O–H groups in total. The highest BCUT2D eigenvalue weighted by atomic mass is 16.5. The predicted molar refractivity (Wildman–Crippen MR) is 104 cm³/mol. The molecule has 0 bridgehead atoms. The lowest BCUT2D eigenvalue weighted by atomic mass is 9.96. The molecule has 0 spiro atoms. The van der Waals surface area contributed by atoms with Crippen LogP contribution in [-0.4, -0.2) is 32.8 Å². The molecule has 0 saturated carbocycles. The second-order valence-electron chi connectivity index (χ2n) is 7.17. The number of benzene rings is 1. The largest absolute Gasteiger partial charge is 0.497 e. The molecule has 2 aromatic heterocycles. The van der Waals surface area contributed by atoms with E-state index in [2.05, 4.69) is 20.4 Å². The van der Waals surface area contributed by atoms with Crippen LogP contribution >= 0.6 is 0 Å². The Hall–Kier alpha value is -3.22. The van der Waals surface area contributed by atoms with E-state index in [-0.39, 0.29) is 5.91 Å². The number of rotatable bonds is 5. The minimum Gasteiger partial charge on any atom is -0.497 e. The fourth-order valence-corrected chi connectivity index (χ4v) is 2.43. The van der Waals surface area contributed by atoms with E-state index in [4.69, 9.17) is 4.74 Å². The highest BCUT2D eigenvalue weighted by Gasteiger charge is 2.27. The van der Waals surface area contributed by atoms with Gasteiger partial charge in [0.25, 0.3) is 5.91 Å². The third-order valence-electron chi connectivity index (χ3n) is 3.97. The molecule has 0 unspecified atom stereocenters. The van der Waals surface area contributed by atoms with Crippen molar-refractivity contribution in [3.05, 3.63) is 54.4 Å². The lowest BCUT2D eigenvalue weighted by Crippen LogP contribution is -2.29. The summed E-state index contributed by atoms with van der Waals surface area (Å²) in [6.45, 7) is 6.07. The smallest absolute Gasteiger partial charge is 0.255 e. The van der Waals surface area contributed by atoms with Crippen molar-refractivity contribution < 1.29 is 9.53 Å². The van der Waals surface area contributed by atoms with E-state index < -0.39 is 5.41 Å². The zero-order chi connectivity index (χ0) is 19.4. The van der Waals surface area contributed by atoms with Gasteiger partial charge in [0.1, 0.15) is 5.75 Å². The van der Waals surface area contributed by atoms with Gasteiger partial charge in [-0.1, -0.05) is 32.9 Å². The fraction of sp³-hybridized carbons (Fsp3) is 0.300. The van der Waals surface area contributed by atoms with Gasteiger partial charge in [-0.15, -0.1) is 5.10 Å². The van der Waals surface area contributed by atoms with Crippen molar-refractivity contribution in [1.82, 2.24) is 19.7 Å². The minimum absolute atomic E-state index is 0.137. The fourth-order valence-electron chi connectivity index (χ4n) is 2.43. The van der Waals surface area contributed by atoms with E-state index in [1.807, 2.05) is 57.2 Å². The number of hydrogen-bond acceptors (Lipinski definition) is 6. The molecule has 0 atom stereocenters. The van der Waals surface area contributed by atoms with Crippen molar-refractivity contribution in [3.63, 3.8) is 0 Å². The quantitative estimate of drug-likeness (QED) is 0.743. The molecule has 1 aromatic carbocycles. The van der Waals surface area contributed by atoms with Gasteiger partial charge in [-0.05, 0) is 29.8 Å². The first-order valence-electron chi connectivity index (χ1n) is 8.67. The average Bonchev–Trinajstić information content (AvgIpc) is 3.10. The third-order valence-corrected chi connectivity index (χ3v) is 3.97. The molecule has 0 aliphatic heterocycles. The maximum atomic E-state index is 12.8. The number of carbonyl (C=O) groups excluding carboxylic acids is 1. The Kier molecular flexibility index (Phi) is 5.21. The predicted octanol–water partition coefficient (Wildman–Crippen LogP) is 3.65. The molecular formula is C20H23N5O2. The lowest BCUT2D eigenvalue weighted by Gasteiger charge is -2.17. The van der Waals surface area contributed by atoms with Gasteiger partial charge in [-0.3, -0.25) is 9.78 Å². The van der Waals surface area contributed by atoms with Crippen molar-refractivity contribution in [2.45, 2.75) is 27.3 Å². The van der Waals surface area contributed by atoms with Crippen LogP contribution in [0.15, 0.2) is 48.8 Å². The van der Waals surface area contributed by atoms with E-state index in [0.717, 1.165) is 16.9 Å². The second-order valence-corrected chi connectivity index (χ2v) is 7.17. The van der Waals surface area contributed by atoms with Crippen LogP contribution in [-0.2, 0) is 6.54 Å². The Bertz CT molecular complexity index is 912. The normalized spacial score (nSPS) is 11.3. The van der Waals surface area contributed by atoms with Gasteiger partial charge in [-0.2, -0.15) is 9.67 Å². The molecule has 0 saturated heterocycles. The maximum absolute atomic E-state index is 12.8. The van der Waals surface area contributed by atoms with Crippen LogP contribution in [0.2, 0.25) is 0 Å². The number of pyridine rings is 1. The van der Waals surface area contributed by atoms with Crippen molar-refractivity contribution >= 4 is 11.9 Å². The van der Waals surface area contributed by atoms with Crippen molar-refractivity contribution in [3.8, 4) is 17.1 Å². The van der Waals surface area contributed by atoms with E-state index in [1.54, 1.807) is 19.5 Å². The van der Waals surface area contributed by atoms with E-state index in [1.165, 1.54) is 4.68 Å².